The summed E-state index contributed by atoms with van der Waals surface area (Å²) in [7, 11) is -4.54. The average Bonchev–Trinajstić information content (AvgIpc) is 3.14. The molecule has 266 valence electrons. The highest BCUT2D eigenvalue weighted by molar-refractivity contribution is 7.89. The lowest BCUT2D eigenvalue weighted by Gasteiger charge is -2.43. The number of nitrogens with zero attached hydrogens (tertiary/aromatic N) is 2. The van der Waals surface area contributed by atoms with Crippen LogP contribution in [0.25, 0.3) is 0 Å². The van der Waals surface area contributed by atoms with Crippen LogP contribution in [-0.2, 0) is 40.1 Å². The number of ketones is 1. The number of amides is 3. The number of alkyl halides is 3. The molecule has 2 heterocycles. The molecule has 0 aliphatic carbocycles. The number of hydrazine groups is 1. The van der Waals surface area contributed by atoms with Gasteiger partial charge in [0.25, 0.3) is 5.91 Å². The maximum Gasteiger partial charge on any atom is 0.416 e. The molecule has 2 aliphatic rings. The number of hydrogen-bond donors (Lipinski definition) is 2. The fourth-order valence-electron chi connectivity index (χ4n) is 5.47. The highest BCUT2D eigenvalue weighted by Crippen LogP contribution is 2.31. The zero-order chi connectivity index (χ0) is 36.3. The van der Waals surface area contributed by atoms with Crippen molar-refractivity contribution in [3.63, 3.8) is 0 Å². The van der Waals surface area contributed by atoms with Gasteiger partial charge in [-0.05, 0) is 68.0 Å². The minimum absolute atomic E-state index is 0.00968. The number of hydrogen-bond acceptors (Lipinski definition) is 8. The maximum absolute atomic E-state index is 13.8. The van der Waals surface area contributed by atoms with Crippen LogP contribution in [0.1, 0.15) is 61.9 Å². The number of sulfonamides is 1. The fraction of sp³-hybridized carbons (Fsp3) is 0.452. The van der Waals surface area contributed by atoms with Gasteiger partial charge in [-0.2, -0.15) is 17.9 Å². The number of nitrogens with one attached hydrogen (secondary N) is 2. The van der Waals surface area contributed by atoms with Gasteiger partial charge in [-0.25, -0.2) is 18.2 Å². The molecule has 3 amide bonds. The van der Waals surface area contributed by atoms with E-state index >= 15 is 0 Å². The molecule has 18 heteroatoms. The van der Waals surface area contributed by atoms with E-state index in [0.29, 0.717) is 18.6 Å². The van der Waals surface area contributed by atoms with Crippen molar-refractivity contribution < 1.29 is 50.3 Å². The Balaban J connectivity index is 1.51. The first-order valence-corrected chi connectivity index (χ1v) is 17.4. The average molecular weight is 750 g/mol. The van der Waals surface area contributed by atoms with Gasteiger partial charge >= 0.3 is 12.1 Å². The summed E-state index contributed by atoms with van der Waals surface area (Å²) in [6.45, 7) is 2.88. The van der Waals surface area contributed by atoms with Crippen LogP contribution in [-0.4, -0.2) is 79.2 Å². The first kappa shape index (κ1) is 38.1. The van der Waals surface area contributed by atoms with E-state index in [1.807, 2.05) is 0 Å². The van der Waals surface area contributed by atoms with Crippen molar-refractivity contribution in [3.05, 3.63) is 63.6 Å². The molecule has 4 rings (SSSR count). The number of ether oxygens (including phenoxy) is 1. The monoisotopic (exact) mass is 748 g/mol. The van der Waals surface area contributed by atoms with Gasteiger partial charge in [-0.15, -0.1) is 0 Å². The summed E-state index contributed by atoms with van der Waals surface area (Å²) in [5.41, 5.74) is -1.21. The van der Waals surface area contributed by atoms with Crippen LogP contribution in [0.2, 0.25) is 10.0 Å². The Morgan fingerprint density at radius 2 is 1.65 bits per heavy atom. The molecule has 2 aliphatic heterocycles. The summed E-state index contributed by atoms with van der Waals surface area (Å²) in [5, 5.41) is 4.57. The Kier molecular flexibility index (Phi) is 12.0. The van der Waals surface area contributed by atoms with Crippen LogP contribution in [0.5, 0.6) is 0 Å². The van der Waals surface area contributed by atoms with Gasteiger partial charge in [0.05, 0.1) is 32.1 Å². The van der Waals surface area contributed by atoms with Crippen molar-refractivity contribution in [2.45, 2.75) is 75.1 Å². The molecular weight excluding hydrogens is 716 g/mol. The summed E-state index contributed by atoms with van der Waals surface area (Å²) < 4.78 is 72.5. The summed E-state index contributed by atoms with van der Waals surface area (Å²) in [5.74, 6) is -4.06. The van der Waals surface area contributed by atoms with E-state index in [9.17, 15) is 45.6 Å². The van der Waals surface area contributed by atoms with Crippen LogP contribution < -0.4 is 10.0 Å². The topological polar surface area (TPSA) is 159 Å². The molecule has 2 N–H and O–H groups in total. The molecular formula is C31H33Cl2F3N4O8S. The first-order valence-electron chi connectivity index (χ1n) is 15.2. The molecule has 49 heavy (non-hydrogen) atoms. The standard InChI is InChI=1S/C31H33Cl2F3N4O8S/c1-17(2)15-23(25(41)16-48-30(45)27-20(32)5-3-6-21(27)33)37-28(43)24-7-4-14-39-26(42)13-12-22(29(44)40(24)39)38-49(46,47)19-10-8-18(9-11-19)31(34,35)36/h3,5-6,8-11,17,22-24,38H,4,7,12-16H2,1-2H3,(H,37,43)/t22?,23-,24-/m0/s1. The van der Waals surface area contributed by atoms with Crippen molar-refractivity contribution in [1.82, 2.24) is 20.1 Å². The van der Waals surface area contributed by atoms with Crippen molar-refractivity contribution in [3.8, 4) is 0 Å². The van der Waals surface area contributed by atoms with Gasteiger partial charge < -0.3 is 10.1 Å². The molecule has 2 saturated heterocycles. The number of halogens is 5. The Hall–Kier alpha value is -3.73. The number of carbonyl (C=O) groups excluding carboxylic acids is 5. The van der Waals surface area contributed by atoms with Gasteiger partial charge in [-0.1, -0.05) is 43.1 Å². The zero-order valence-corrected chi connectivity index (χ0v) is 28.6. The number of rotatable bonds is 11. The lowest BCUT2D eigenvalue weighted by Crippen LogP contribution is -2.64. The zero-order valence-electron chi connectivity index (χ0n) is 26.3. The lowest BCUT2D eigenvalue weighted by atomic mass is 9.99. The minimum atomic E-state index is -4.70. The molecule has 0 saturated carbocycles. The molecule has 2 aromatic carbocycles. The number of Topliss-reactive ketones (excluding diaryl/α,β-unsaturated/α-hetero) is 1. The molecule has 1 unspecified atom stereocenters. The van der Waals surface area contributed by atoms with E-state index in [4.69, 9.17) is 27.9 Å². The van der Waals surface area contributed by atoms with Gasteiger partial charge in [0, 0.05) is 13.0 Å². The second-order valence-corrected chi connectivity index (χ2v) is 14.5. The second kappa shape index (κ2) is 15.4. The molecule has 2 aromatic rings. The van der Waals surface area contributed by atoms with E-state index in [-0.39, 0.29) is 53.8 Å². The third-order valence-corrected chi connectivity index (χ3v) is 10.00. The van der Waals surface area contributed by atoms with E-state index in [2.05, 4.69) is 10.0 Å². The molecule has 0 aromatic heterocycles. The van der Waals surface area contributed by atoms with Crippen molar-refractivity contribution in [2.75, 3.05) is 13.2 Å². The largest absolute Gasteiger partial charge is 0.454 e. The quantitative estimate of drug-likeness (QED) is 0.325. The predicted molar refractivity (Wildman–Crippen MR) is 170 cm³/mol. The summed E-state index contributed by atoms with van der Waals surface area (Å²) in [6, 6.07) is 2.96. The summed E-state index contributed by atoms with van der Waals surface area (Å²) >= 11 is 12.1. The number of benzene rings is 2. The first-order chi connectivity index (χ1) is 22.9. The maximum atomic E-state index is 13.8. The fourth-order valence-corrected chi connectivity index (χ4v) is 7.25. The predicted octanol–water partition coefficient (Wildman–Crippen LogP) is 4.14. The number of esters is 1. The van der Waals surface area contributed by atoms with Gasteiger partial charge in [0.15, 0.2) is 12.4 Å². The smallest absolute Gasteiger partial charge is 0.416 e. The molecule has 0 radical (unpaired) electrons. The molecule has 3 atom stereocenters. The van der Waals surface area contributed by atoms with Crippen LogP contribution in [0, 0.1) is 5.92 Å². The highest BCUT2D eigenvalue weighted by atomic mass is 35.5. The Morgan fingerprint density at radius 3 is 2.24 bits per heavy atom. The van der Waals surface area contributed by atoms with Gasteiger partial charge in [0.1, 0.15) is 12.1 Å². The van der Waals surface area contributed by atoms with Crippen molar-refractivity contribution in [1.29, 1.82) is 0 Å². The van der Waals surface area contributed by atoms with Crippen LogP contribution >= 0.6 is 23.2 Å². The second-order valence-electron chi connectivity index (χ2n) is 11.9. The Morgan fingerprint density at radius 1 is 1.02 bits per heavy atom. The van der Waals surface area contributed by atoms with Crippen molar-refractivity contribution in [2.24, 2.45) is 5.92 Å². The summed E-state index contributed by atoms with van der Waals surface area (Å²) in [6.07, 6.45) is -4.78. The Bertz CT molecular complexity index is 1700. The normalized spacial score (nSPS) is 19.3. The molecule has 0 spiro atoms. The number of carbonyl (C=O) groups is 5. The van der Waals surface area contributed by atoms with E-state index in [1.165, 1.54) is 18.2 Å². The molecule has 0 bridgehead atoms. The van der Waals surface area contributed by atoms with Crippen LogP contribution in [0.4, 0.5) is 13.2 Å². The molecule has 2 fully saturated rings. The lowest BCUT2D eigenvalue weighted by molar-refractivity contribution is -0.176. The third kappa shape index (κ3) is 9.09. The minimum Gasteiger partial charge on any atom is -0.454 e. The van der Waals surface area contributed by atoms with E-state index < -0.39 is 80.9 Å². The van der Waals surface area contributed by atoms with E-state index in [1.54, 1.807) is 13.8 Å². The van der Waals surface area contributed by atoms with E-state index in [0.717, 1.165) is 22.2 Å². The Labute approximate surface area is 290 Å². The van der Waals surface area contributed by atoms with Crippen LogP contribution in [0.3, 0.4) is 0 Å². The number of fused-ring (bicyclic) bond motifs is 1. The highest BCUT2D eigenvalue weighted by Gasteiger charge is 2.46. The van der Waals surface area contributed by atoms with Gasteiger partial charge in [0.2, 0.25) is 21.8 Å². The van der Waals surface area contributed by atoms with Crippen molar-refractivity contribution >= 4 is 62.7 Å². The third-order valence-electron chi connectivity index (χ3n) is 7.88. The van der Waals surface area contributed by atoms with Gasteiger partial charge in [-0.3, -0.25) is 24.2 Å². The SMILES string of the molecule is CC(C)C[C@H](NC(=O)[C@@H]1CCCN2C(=O)CCC(NS(=O)(=O)c3ccc(C(F)(F)F)cc3)C(=O)N12)C(=O)COC(=O)c1c(Cl)cccc1Cl. The summed E-state index contributed by atoms with van der Waals surface area (Å²) in [4.78, 5) is 65.9. The van der Waals surface area contributed by atoms with Crippen LogP contribution in [0.15, 0.2) is 47.4 Å². The molecule has 12 nitrogen and oxygen atoms in total.